The Balaban J connectivity index is 1.52. The number of amides is 1. The van der Waals surface area contributed by atoms with Crippen molar-refractivity contribution >= 4 is 38.9 Å². The highest BCUT2D eigenvalue weighted by Gasteiger charge is 2.30. The second-order valence-corrected chi connectivity index (χ2v) is 10.5. The monoisotopic (exact) mass is 483 g/mol. The van der Waals surface area contributed by atoms with Crippen molar-refractivity contribution in [1.29, 1.82) is 0 Å². The largest absolute Gasteiger partial charge is 0.366 e. The Morgan fingerprint density at radius 3 is 2.21 bits per heavy atom. The zero-order chi connectivity index (χ0) is 23.6. The lowest BCUT2D eigenvalue weighted by Crippen LogP contribution is -2.49. The van der Waals surface area contributed by atoms with Crippen LogP contribution in [0.25, 0.3) is 0 Å². The Bertz CT molecular complexity index is 1270. The molecule has 0 radical (unpaired) electrons. The van der Waals surface area contributed by atoms with Crippen molar-refractivity contribution < 1.29 is 13.2 Å². The molecule has 1 aliphatic rings. The minimum Gasteiger partial charge on any atom is -0.366 e. The summed E-state index contributed by atoms with van der Waals surface area (Å²) in [4.78, 5) is 15.1. The zero-order valence-corrected chi connectivity index (χ0v) is 20.2. The number of sulfonamides is 1. The third-order valence-electron chi connectivity index (χ3n) is 5.73. The molecule has 6 nitrogen and oxygen atoms in total. The molecule has 4 rings (SSSR count). The predicted octanol–water partition coefficient (Wildman–Crippen LogP) is 4.72. The molecule has 0 unspecified atom stereocenters. The normalized spacial score (nSPS) is 14.8. The van der Waals surface area contributed by atoms with Crippen molar-refractivity contribution in [2.75, 3.05) is 36.4 Å². The van der Waals surface area contributed by atoms with Gasteiger partial charge in [0.1, 0.15) is 0 Å². The fourth-order valence-electron chi connectivity index (χ4n) is 3.93. The number of aryl methyl sites for hydroxylation is 2. The summed E-state index contributed by atoms with van der Waals surface area (Å²) in [5, 5.41) is 3.47. The first-order chi connectivity index (χ1) is 15.8. The van der Waals surface area contributed by atoms with Gasteiger partial charge in [-0.05, 0) is 50.2 Å². The number of nitrogens with one attached hydrogen (secondary N) is 1. The van der Waals surface area contributed by atoms with Crippen molar-refractivity contribution in [1.82, 2.24) is 4.31 Å². The van der Waals surface area contributed by atoms with E-state index < -0.39 is 10.0 Å². The van der Waals surface area contributed by atoms with E-state index in [4.69, 9.17) is 11.6 Å². The van der Waals surface area contributed by atoms with E-state index in [0.29, 0.717) is 53.0 Å². The third kappa shape index (κ3) is 5.05. The first-order valence-electron chi connectivity index (χ1n) is 10.7. The number of benzene rings is 3. The van der Waals surface area contributed by atoms with Crippen LogP contribution in [-0.2, 0) is 10.0 Å². The van der Waals surface area contributed by atoms with Gasteiger partial charge in [-0.2, -0.15) is 4.31 Å². The van der Waals surface area contributed by atoms with E-state index in [9.17, 15) is 13.2 Å². The van der Waals surface area contributed by atoms with Gasteiger partial charge in [0, 0.05) is 31.7 Å². The number of nitrogens with zero attached hydrogens (tertiary/aromatic N) is 2. The lowest BCUT2D eigenvalue weighted by molar-refractivity contribution is 0.102. The Hall–Kier alpha value is -2.87. The van der Waals surface area contributed by atoms with Crippen LogP contribution >= 0.6 is 11.6 Å². The summed E-state index contributed by atoms with van der Waals surface area (Å²) in [6, 6.07) is 19.6. The van der Waals surface area contributed by atoms with E-state index in [0.717, 1.165) is 11.1 Å². The number of halogens is 1. The number of anilines is 2. The van der Waals surface area contributed by atoms with E-state index in [1.54, 1.807) is 42.5 Å². The topological polar surface area (TPSA) is 69.7 Å². The van der Waals surface area contributed by atoms with Crippen LogP contribution in [0.5, 0.6) is 0 Å². The molecule has 0 atom stereocenters. The molecule has 1 fully saturated rings. The van der Waals surface area contributed by atoms with E-state index >= 15 is 0 Å². The highest BCUT2D eigenvalue weighted by molar-refractivity contribution is 7.89. The summed E-state index contributed by atoms with van der Waals surface area (Å²) in [7, 11) is -3.56. The maximum absolute atomic E-state index is 13.0. The van der Waals surface area contributed by atoms with Crippen molar-refractivity contribution in [3.8, 4) is 0 Å². The molecule has 8 heteroatoms. The lowest BCUT2D eigenvalue weighted by Gasteiger charge is -2.36. The van der Waals surface area contributed by atoms with Gasteiger partial charge >= 0.3 is 0 Å². The van der Waals surface area contributed by atoms with Crippen LogP contribution < -0.4 is 10.2 Å². The molecule has 33 heavy (non-hydrogen) atoms. The molecule has 3 aromatic rings. The van der Waals surface area contributed by atoms with Crippen LogP contribution in [0.1, 0.15) is 21.5 Å². The van der Waals surface area contributed by atoms with Gasteiger partial charge in [-0.1, -0.05) is 53.1 Å². The molecule has 172 valence electrons. The average molecular weight is 484 g/mol. The summed E-state index contributed by atoms with van der Waals surface area (Å²) in [5.74, 6) is -0.220. The molecule has 3 aromatic carbocycles. The van der Waals surface area contributed by atoms with Crippen molar-refractivity contribution in [3.63, 3.8) is 0 Å². The Morgan fingerprint density at radius 1 is 0.879 bits per heavy atom. The maximum Gasteiger partial charge on any atom is 0.255 e. The van der Waals surface area contributed by atoms with Crippen molar-refractivity contribution in [2.45, 2.75) is 18.7 Å². The van der Waals surface area contributed by atoms with Crippen molar-refractivity contribution in [3.05, 3.63) is 88.4 Å². The standard InChI is InChI=1S/C25H26ClN3O3S/c1-18-9-11-21(12-10-18)33(31,32)29-15-13-28(14-16-29)24-22(26)7-4-8-23(24)27-25(30)20-6-3-5-19(2)17-20/h3-12,17H,13-16H2,1-2H3,(H,27,30). The van der Waals surface area contributed by atoms with Crippen LogP contribution in [0.15, 0.2) is 71.6 Å². The van der Waals surface area contributed by atoms with Gasteiger partial charge in [-0.3, -0.25) is 4.79 Å². The minimum absolute atomic E-state index is 0.220. The van der Waals surface area contributed by atoms with E-state index in [1.165, 1.54) is 4.31 Å². The first kappa shape index (κ1) is 23.3. The second-order valence-electron chi connectivity index (χ2n) is 8.16. The molecule has 0 bridgehead atoms. The quantitative estimate of drug-likeness (QED) is 0.570. The van der Waals surface area contributed by atoms with Crippen LogP contribution in [0, 0.1) is 13.8 Å². The van der Waals surface area contributed by atoms with E-state index in [2.05, 4.69) is 5.32 Å². The summed E-state index contributed by atoms with van der Waals surface area (Å²) in [6.45, 7) is 5.43. The van der Waals surface area contributed by atoms with Crippen molar-refractivity contribution in [2.24, 2.45) is 0 Å². The van der Waals surface area contributed by atoms with Crippen LogP contribution in [0.3, 0.4) is 0 Å². The van der Waals surface area contributed by atoms with Crippen LogP contribution in [0.2, 0.25) is 5.02 Å². The Morgan fingerprint density at radius 2 is 1.55 bits per heavy atom. The average Bonchev–Trinajstić information content (AvgIpc) is 2.79. The number of rotatable bonds is 5. The molecule has 1 N–H and O–H groups in total. The fraction of sp³-hybridized carbons (Fsp3) is 0.240. The predicted molar refractivity (Wildman–Crippen MR) is 133 cm³/mol. The highest BCUT2D eigenvalue weighted by Crippen LogP contribution is 2.35. The van der Waals surface area contributed by atoms with Gasteiger partial charge in [-0.25, -0.2) is 8.42 Å². The molecular formula is C25H26ClN3O3S. The fourth-order valence-corrected chi connectivity index (χ4v) is 5.65. The summed E-state index contributed by atoms with van der Waals surface area (Å²) < 4.78 is 27.6. The van der Waals surface area contributed by atoms with Gasteiger partial charge in [0.15, 0.2) is 0 Å². The van der Waals surface area contributed by atoms with E-state index in [1.807, 2.05) is 43.0 Å². The van der Waals surface area contributed by atoms with Gasteiger partial charge in [0.05, 0.1) is 21.3 Å². The van der Waals surface area contributed by atoms with Crippen LogP contribution in [0.4, 0.5) is 11.4 Å². The van der Waals surface area contributed by atoms with Gasteiger partial charge in [0.25, 0.3) is 5.91 Å². The minimum atomic E-state index is -3.56. The van der Waals surface area contributed by atoms with Gasteiger partial charge in [0.2, 0.25) is 10.0 Å². The van der Waals surface area contributed by atoms with Gasteiger partial charge in [-0.15, -0.1) is 0 Å². The van der Waals surface area contributed by atoms with E-state index in [-0.39, 0.29) is 5.91 Å². The number of carbonyl (C=O) groups excluding carboxylic acids is 1. The summed E-state index contributed by atoms with van der Waals surface area (Å²) in [5.41, 5.74) is 3.88. The number of hydrogen-bond acceptors (Lipinski definition) is 4. The number of carbonyl (C=O) groups is 1. The molecular weight excluding hydrogens is 458 g/mol. The number of hydrogen-bond donors (Lipinski definition) is 1. The number of para-hydroxylation sites is 1. The smallest absolute Gasteiger partial charge is 0.255 e. The molecule has 1 aliphatic heterocycles. The summed E-state index contributed by atoms with van der Waals surface area (Å²) in [6.07, 6.45) is 0. The first-order valence-corrected chi connectivity index (χ1v) is 12.6. The number of piperazine rings is 1. The molecule has 1 amide bonds. The molecule has 0 spiro atoms. The maximum atomic E-state index is 13.0. The SMILES string of the molecule is Cc1ccc(S(=O)(=O)N2CCN(c3c(Cl)cccc3NC(=O)c3cccc(C)c3)CC2)cc1. The Labute approximate surface area is 199 Å². The molecule has 1 saturated heterocycles. The van der Waals surface area contributed by atoms with Gasteiger partial charge < -0.3 is 10.2 Å². The second kappa shape index (κ2) is 9.55. The Kier molecular flexibility index (Phi) is 6.74. The summed E-state index contributed by atoms with van der Waals surface area (Å²) >= 11 is 6.53. The highest BCUT2D eigenvalue weighted by atomic mass is 35.5. The molecule has 0 aromatic heterocycles. The zero-order valence-electron chi connectivity index (χ0n) is 18.6. The van der Waals surface area contributed by atoms with Crippen LogP contribution in [-0.4, -0.2) is 44.8 Å². The molecule has 1 heterocycles. The third-order valence-corrected chi connectivity index (χ3v) is 7.95. The molecule has 0 saturated carbocycles. The molecule has 0 aliphatic carbocycles. The lowest BCUT2D eigenvalue weighted by atomic mass is 10.1.